The summed E-state index contributed by atoms with van der Waals surface area (Å²) in [5.41, 5.74) is 3.96. The molecule has 0 radical (unpaired) electrons. The number of guanidine groups is 1. The molecular weight excluding hydrogens is 350 g/mol. The first kappa shape index (κ1) is 20.4. The minimum Gasteiger partial charge on any atom is -0.359 e. The van der Waals surface area contributed by atoms with Gasteiger partial charge in [0.2, 0.25) is 0 Å². The molecule has 0 amide bonds. The third-order valence-corrected chi connectivity index (χ3v) is 5.06. The van der Waals surface area contributed by atoms with Crippen molar-refractivity contribution >= 4 is 5.96 Å². The smallest absolute Gasteiger partial charge is 0.191 e. The Morgan fingerprint density at radius 3 is 2.82 bits per heavy atom. The van der Waals surface area contributed by atoms with Crippen molar-refractivity contribution in [1.29, 1.82) is 0 Å². The van der Waals surface area contributed by atoms with Gasteiger partial charge in [0.1, 0.15) is 6.54 Å². The lowest BCUT2D eigenvalue weighted by molar-refractivity contribution is 0.251. The third-order valence-electron chi connectivity index (χ3n) is 5.06. The van der Waals surface area contributed by atoms with Gasteiger partial charge in [-0.2, -0.15) is 0 Å². The van der Waals surface area contributed by atoms with E-state index >= 15 is 0 Å². The van der Waals surface area contributed by atoms with E-state index in [1.807, 2.05) is 6.07 Å². The summed E-state index contributed by atoms with van der Waals surface area (Å²) in [5.74, 6) is 2.00. The van der Waals surface area contributed by atoms with Crippen LogP contribution in [0, 0.1) is 0 Å². The lowest BCUT2D eigenvalue weighted by Gasteiger charge is -2.28. The SMILES string of the molecule is CCNC(=NCc1cc(C(C)C)no1)NCCCN1CCc2ccccc2C1. The van der Waals surface area contributed by atoms with E-state index < -0.39 is 0 Å². The van der Waals surface area contributed by atoms with Gasteiger partial charge in [-0.25, -0.2) is 4.99 Å². The topological polar surface area (TPSA) is 65.7 Å². The van der Waals surface area contributed by atoms with E-state index in [1.54, 1.807) is 0 Å². The third kappa shape index (κ3) is 5.83. The highest BCUT2D eigenvalue weighted by Gasteiger charge is 2.15. The van der Waals surface area contributed by atoms with Gasteiger partial charge in [-0.05, 0) is 36.8 Å². The molecule has 6 nitrogen and oxygen atoms in total. The molecule has 0 atom stereocenters. The molecule has 0 unspecified atom stereocenters. The Hall–Kier alpha value is -2.34. The average molecular weight is 384 g/mol. The van der Waals surface area contributed by atoms with Gasteiger partial charge in [0.15, 0.2) is 11.7 Å². The van der Waals surface area contributed by atoms with E-state index in [2.05, 4.69) is 70.7 Å². The second-order valence-corrected chi connectivity index (χ2v) is 7.64. The molecule has 2 N–H and O–H groups in total. The standard InChI is InChI=1S/C22H33N5O/c1-4-23-22(25-15-20-14-21(17(2)3)26-28-20)24-11-7-12-27-13-10-18-8-5-6-9-19(18)16-27/h5-6,8-9,14,17H,4,7,10-13,15-16H2,1-3H3,(H2,23,24,25). The first-order valence-electron chi connectivity index (χ1n) is 10.4. The van der Waals surface area contributed by atoms with E-state index in [1.165, 1.54) is 11.1 Å². The van der Waals surface area contributed by atoms with Gasteiger partial charge in [0.25, 0.3) is 0 Å². The highest BCUT2D eigenvalue weighted by atomic mass is 16.5. The van der Waals surface area contributed by atoms with Crippen molar-refractivity contribution in [2.24, 2.45) is 4.99 Å². The van der Waals surface area contributed by atoms with Gasteiger partial charge in [0.05, 0.1) is 5.69 Å². The minimum atomic E-state index is 0.370. The summed E-state index contributed by atoms with van der Waals surface area (Å²) < 4.78 is 5.37. The summed E-state index contributed by atoms with van der Waals surface area (Å²) >= 11 is 0. The molecular formula is C22H33N5O. The van der Waals surface area contributed by atoms with Crippen LogP contribution in [-0.2, 0) is 19.5 Å². The van der Waals surface area contributed by atoms with Crippen molar-refractivity contribution in [2.45, 2.75) is 52.6 Å². The van der Waals surface area contributed by atoms with Gasteiger partial charge in [0, 0.05) is 38.8 Å². The number of nitrogens with zero attached hydrogens (tertiary/aromatic N) is 3. The molecule has 1 aromatic carbocycles. The Labute approximate surface area is 168 Å². The fraction of sp³-hybridized carbons (Fsp3) is 0.545. The van der Waals surface area contributed by atoms with Crippen molar-refractivity contribution in [3.05, 3.63) is 52.9 Å². The number of fused-ring (bicyclic) bond motifs is 1. The number of nitrogens with one attached hydrogen (secondary N) is 2. The molecule has 152 valence electrons. The quantitative estimate of drug-likeness (QED) is 0.416. The predicted octanol–water partition coefficient (Wildman–Crippen LogP) is 3.30. The van der Waals surface area contributed by atoms with E-state index in [-0.39, 0.29) is 0 Å². The number of hydrogen-bond donors (Lipinski definition) is 2. The molecule has 0 spiro atoms. The summed E-state index contributed by atoms with van der Waals surface area (Å²) in [6.45, 7) is 11.8. The molecule has 2 aromatic rings. The number of aliphatic imine (C=N–C) groups is 1. The van der Waals surface area contributed by atoms with E-state index in [4.69, 9.17) is 4.52 Å². The van der Waals surface area contributed by atoms with Crippen LogP contribution in [0.1, 0.15) is 55.7 Å². The normalized spacial score (nSPS) is 14.9. The maximum absolute atomic E-state index is 5.37. The van der Waals surface area contributed by atoms with Crippen LogP contribution < -0.4 is 10.6 Å². The highest BCUT2D eigenvalue weighted by Crippen LogP contribution is 2.18. The van der Waals surface area contributed by atoms with Crippen molar-refractivity contribution in [2.75, 3.05) is 26.2 Å². The summed E-state index contributed by atoms with van der Waals surface area (Å²) in [6.07, 6.45) is 2.25. The zero-order chi connectivity index (χ0) is 19.8. The fourth-order valence-corrected chi connectivity index (χ4v) is 3.43. The Balaban J connectivity index is 1.42. The van der Waals surface area contributed by atoms with Gasteiger partial charge in [-0.1, -0.05) is 43.3 Å². The zero-order valence-corrected chi connectivity index (χ0v) is 17.4. The van der Waals surface area contributed by atoms with E-state index in [0.717, 1.165) is 63.0 Å². The maximum atomic E-state index is 5.37. The molecule has 2 heterocycles. The van der Waals surface area contributed by atoms with Crippen LogP contribution in [0.2, 0.25) is 0 Å². The maximum Gasteiger partial charge on any atom is 0.191 e. The van der Waals surface area contributed by atoms with Gasteiger partial charge in [-0.3, -0.25) is 4.90 Å². The molecule has 0 aliphatic carbocycles. The molecule has 6 heteroatoms. The van der Waals surface area contributed by atoms with Crippen LogP contribution >= 0.6 is 0 Å². The largest absolute Gasteiger partial charge is 0.359 e. The summed E-state index contributed by atoms with van der Waals surface area (Å²) in [7, 11) is 0. The Morgan fingerprint density at radius 2 is 2.07 bits per heavy atom. The highest BCUT2D eigenvalue weighted by molar-refractivity contribution is 5.79. The number of rotatable bonds is 8. The van der Waals surface area contributed by atoms with E-state index in [9.17, 15) is 0 Å². The number of hydrogen-bond acceptors (Lipinski definition) is 4. The minimum absolute atomic E-state index is 0.370. The summed E-state index contributed by atoms with van der Waals surface area (Å²) in [4.78, 5) is 7.16. The summed E-state index contributed by atoms with van der Waals surface area (Å²) in [6, 6.07) is 10.8. The Bertz CT molecular complexity index is 768. The second-order valence-electron chi connectivity index (χ2n) is 7.64. The zero-order valence-electron chi connectivity index (χ0n) is 17.4. The van der Waals surface area contributed by atoms with Crippen molar-refractivity contribution in [1.82, 2.24) is 20.7 Å². The Morgan fingerprint density at radius 1 is 1.25 bits per heavy atom. The van der Waals surface area contributed by atoms with Crippen LogP contribution in [-0.4, -0.2) is 42.2 Å². The lowest BCUT2D eigenvalue weighted by atomic mass is 10.00. The van der Waals surface area contributed by atoms with Crippen LogP contribution in [0.15, 0.2) is 39.8 Å². The molecule has 0 fully saturated rings. The van der Waals surface area contributed by atoms with Crippen LogP contribution in [0.5, 0.6) is 0 Å². The van der Waals surface area contributed by atoms with Gasteiger partial charge >= 0.3 is 0 Å². The monoisotopic (exact) mass is 383 g/mol. The summed E-state index contributed by atoms with van der Waals surface area (Å²) in [5, 5.41) is 10.8. The number of benzene rings is 1. The molecule has 1 aliphatic rings. The second kappa shape index (κ2) is 10.3. The first-order valence-corrected chi connectivity index (χ1v) is 10.4. The van der Waals surface area contributed by atoms with Crippen molar-refractivity contribution in [3.8, 4) is 0 Å². The molecule has 28 heavy (non-hydrogen) atoms. The van der Waals surface area contributed by atoms with Crippen molar-refractivity contribution < 1.29 is 4.52 Å². The van der Waals surface area contributed by atoms with Gasteiger partial charge < -0.3 is 15.2 Å². The van der Waals surface area contributed by atoms with Gasteiger partial charge in [-0.15, -0.1) is 0 Å². The molecule has 1 aliphatic heterocycles. The lowest BCUT2D eigenvalue weighted by Crippen LogP contribution is -2.39. The van der Waals surface area contributed by atoms with E-state index in [0.29, 0.717) is 12.5 Å². The Kier molecular flexibility index (Phi) is 7.48. The first-order chi connectivity index (χ1) is 13.7. The molecule has 0 saturated carbocycles. The molecule has 3 rings (SSSR count). The molecule has 0 bridgehead atoms. The van der Waals surface area contributed by atoms with Crippen LogP contribution in [0.4, 0.5) is 0 Å². The van der Waals surface area contributed by atoms with Crippen LogP contribution in [0.3, 0.4) is 0 Å². The average Bonchev–Trinajstić information content (AvgIpc) is 3.18. The molecule has 0 saturated heterocycles. The number of aromatic nitrogens is 1. The predicted molar refractivity (Wildman–Crippen MR) is 113 cm³/mol. The van der Waals surface area contributed by atoms with Crippen LogP contribution in [0.25, 0.3) is 0 Å². The van der Waals surface area contributed by atoms with Crippen molar-refractivity contribution in [3.63, 3.8) is 0 Å². The fourth-order valence-electron chi connectivity index (χ4n) is 3.43. The molecule has 1 aromatic heterocycles.